The monoisotopic (exact) mass is 170 g/mol. The zero-order valence-electron chi connectivity index (χ0n) is 6.73. The average molecular weight is 170 g/mol. The number of hydrogen-bond acceptors (Lipinski definition) is 3. The van der Waals surface area contributed by atoms with Crippen molar-refractivity contribution >= 4 is 24.5 Å². The maximum Gasteiger partial charge on any atom is 0.116 e. The summed E-state index contributed by atoms with van der Waals surface area (Å²) < 4.78 is 0. The summed E-state index contributed by atoms with van der Waals surface area (Å²) in [5.41, 5.74) is 3.93. The molecule has 1 aromatic heterocycles. The predicted octanol–water partition coefficient (Wildman–Crippen LogP) is 1.23. The third-order valence-corrected chi connectivity index (χ3v) is 2.07. The second-order valence-electron chi connectivity index (χ2n) is 2.84. The van der Waals surface area contributed by atoms with E-state index in [4.69, 9.17) is 0 Å². The molecule has 0 spiro atoms. The first-order valence-corrected chi connectivity index (χ1v) is 3.96. The van der Waals surface area contributed by atoms with Crippen LogP contribution < -0.4 is 0 Å². The van der Waals surface area contributed by atoms with Crippen LogP contribution in [0.5, 0.6) is 0 Å². The number of nitrogens with one attached hydrogen (secondary N) is 1. The maximum atomic E-state index is 4.28. The van der Waals surface area contributed by atoms with Crippen LogP contribution in [-0.4, -0.2) is 23.8 Å². The van der Waals surface area contributed by atoms with Crippen molar-refractivity contribution in [2.24, 2.45) is 15.0 Å². The minimum Gasteiger partial charge on any atom is -0.366 e. The number of aliphatic imine (C=N–C) groups is 3. The van der Waals surface area contributed by atoms with Gasteiger partial charge >= 0.3 is 0 Å². The fourth-order valence-corrected chi connectivity index (χ4v) is 1.45. The Morgan fingerprint density at radius 1 is 1.08 bits per heavy atom. The molecule has 0 saturated heterocycles. The highest BCUT2D eigenvalue weighted by molar-refractivity contribution is 6.05. The van der Waals surface area contributed by atoms with E-state index in [0.29, 0.717) is 0 Å². The Hall–Kier alpha value is -1.97. The van der Waals surface area contributed by atoms with Crippen LogP contribution in [0.2, 0.25) is 0 Å². The van der Waals surface area contributed by atoms with E-state index < -0.39 is 0 Å². The highest BCUT2D eigenvalue weighted by Crippen LogP contribution is 2.28. The quantitative estimate of drug-likeness (QED) is 0.608. The first-order chi connectivity index (χ1) is 6.45. The van der Waals surface area contributed by atoms with Gasteiger partial charge in [0, 0.05) is 29.7 Å². The van der Waals surface area contributed by atoms with E-state index in [9.17, 15) is 0 Å². The zero-order valence-corrected chi connectivity index (χ0v) is 6.73. The fraction of sp³-hybridized carbons (Fsp3) is 0. The summed E-state index contributed by atoms with van der Waals surface area (Å²) in [6.45, 7) is 0. The van der Waals surface area contributed by atoms with Crippen molar-refractivity contribution in [1.82, 2.24) is 4.98 Å². The van der Waals surface area contributed by atoms with Gasteiger partial charge in [-0.15, -0.1) is 0 Å². The number of aromatic amines is 1. The molecule has 0 amide bonds. The van der Waals surface area contributed by atoms with Crippen LogP contribution in [0.15, 0.2) is 33.1 Å². The first-order valence-electron chi connectivity index (χ1n) is 3.96. The van der Waals surface area contributed by atoms with Crippen LogP contribution in [0.25, 0.3) is 5.70 Å². The lowest BCUT2D eigenvalue weighted by Crippen LogP contribution is -1.82. The average Bonchev–Trinajstić information content (AvgIpc) is 2.79. The van der Waals surface area contributed by atoms with E-state index in [1.807, 2.05) is 18.6 Å². The molecule has 3 rings (SSSR count). The summed E-state index contributed by atoms with van der Waals surface area (Å²) in [4.78, 5) is 15.3. The van der Waals surface area contributed by atoms with Gasteiger partial charge in [-0.1, -0.05) is 0 Å². The summed E-state index contributed by atoms with van der Waals surface area (Å²) in [5, 5.41) is 0. The zero-order chi connectivity index (χ0) is 8.67. The second-order valence-corrected chi connectivity index (χ2v) is 2.84. The van der Waals surface area contributed by atoms with Gasteiger partial charge < -0.3 is 4.98 Å². The van der Waals surface area contributed by atoms with Crippen LogP contribution in [0.3, 0.4) is 0 Å². The molecule has 13 heavy (non-hydrogen) atoms. The van der Waals surface area contributed by atoms with E-state index in [2.05, 4.69) is 20.0 Å². The molecule has 0 atom stereocenters. The lowest BCUT2D eigenvalue weighted by atomic mass is 10.2. The Morgan fingerprint density at radius 3 is 2.92 bits per heavy atom. The molecule has 62 valence electrons. The number of aromatic nitrogens is 1. The maximum absolute atomic E-state index is 4.28. The van der Waals surface area contributed by atoms with Crippen molar-refractivity contribution in [3.05, 3.63) is 29.2 Å². The Kier molecular flexibility index (Phi) is 1.14. The number of nitrogens with zero attached hydrogens (tertiary/aromatic N) is 3. The van der Waals surface area contributed by atoms with Crippen molar-refractivity contribution in [2.75, 3.05) is 0 Å². The normalized spacial score (nSPS) is 23.1. The highest BCUT2D eigenvalue weighted by atomic mass is 15.0. The molecule has 3 heterocycles. The minimum atomic E-state index is 0.828. The number of rotatable bonds is 0. The molecule has 2 aliphatic rings. The van der Waals surface area contributed by atoms with E-state index >= 15 is 0 Å². The van der Waals surface area contributed by atoms with Gasteiger partial charge in [-0.2, -0.15) is 0 Å². The molecule has 1 N–H and O–H groups in total. The van der Waals surface area contributed by atoms with Gasteiger partial charge in [-0.25, -0.2) is 9.98 Å². The number of hydrogen-bond donors (Lipinski definition) is 1. The Morgan fingerprint density at radius 2 is 2.08 bits per heavy atom. The van der Waals surface area contributed by atoms with Crippen molar-refractivity contribution < 1.29 is 0 Å². The van der Waals surface area contributed by atoms with Crippen LogP contribution in [0.1, 0.15) is 11.1 Å². The van der Waals surface area contributed by atoms with E-state index in [-0.39, 0.29) is 0 Å². The van der Waals surface area contributed by atoms with Gasteiger partial charge in [-0.3, -0.25) is 4.99 Å². The lowest BCUT2D eigenvalue weighted by molar-refractivity contribution is 1.39. The van der Waals surface area contributed by atoms with Crippen molar-refractivity contribution in [1.29, 1.82) is 0 Å². The largest absolute Gasteiger partial charge is 0.366 e. The molecule has 0 radical (unpaired) electrons. The molecule has 1 aromatic rings. The molecule has 0 fully saturated rings. The van der Waals surface area contributed by atoms with E-state index in [1.54, 1.807) is 6.21 Å². The number of H-pyrrole nitrogens is 1. The highest BCUT2D eigenvalue weighted by Gasteiger charge is 2.16. The van der Waals surface area contributed by atoms with Crippen molar-refractivity contribution in [3.63, 3.8) is 0 Å². The first kappa shape index (κ1) is 6.54. The molecular formula is C9H6N4. The standard InChI is InChI=1S/C9H6N4/c1-6-2-12-9(7(6)3-10-1)8-4-11-5-13-8/h1-5,10H. The van der Waals surface area contributed by atoms with Crippen molar-refractivity contribution in [3.8, 4) is 0 Å². The van der Waals surface area contributed by atoms with Crippen LogP contribution >= 0.6 is 0 Å². The number of fused-ring (bicyclic) bond motifs is 1. The van der Waals surface area contributed by atoms with Gasteiger partial charge in [0.25, 0.3) is 0 Å². The Balaban J connectivity index is 2.24. The molecule has 4 nitrogen and oxygen atoms in total. The summed E-state index contributed by atoms with van der Waals surface area (Å²) >= 11 is 0. The van der Waals surface area contributed by atoms with Crippen LogP contribution in [0, 0.1) is 0 Å². The second kappa shape index (κ2) is 2.26. The molecule has 0 bridgehead atoms. The van der Waals surface area contributed by atoms with Crippen LogP contribution in [0.4, 0.5) is 0 Å². The minimum absolute atomic E-state index is 0.828. The van der Waals surface area contributed by atoms with Crippen LogP contribution in [-0.2, 0) is 0 Å². The van der Waals surface area contributed by atoms with Gasteiger partial charge in [0.1, 0.15) is 12.0 Å². The van der Waals surface area contributed by atoms with Gasteiger partial charge in [-0.05, 0) is 0 Å². The van der Waals surface area contributed by atoms with E-state index in [1.165, 1.54) is 6.34 Å². The third kappa shape index (κ3) is 0.823. The molecule has 4 heteroatoms. The lowest BCUT2D eigenvalue weighted by Gasteiger charge is -1.94. The number of allylic oxidation sites excluding steroid dienone is 1. The molecule has 0 unspecified atom stereocenters. The van der Waals surface area contributed by atoms with Gasteiger partial charge in [0.2, 0.25) is 0 Å². The SMILES string of the molecule is C1=NC=NC1=C1N=Cc2c[nH]cc21. The molecular weight excluding hydrogens is 164 g/mol. The fourth-order valence-electron chi connectivity index (χ4n) is 1.45. The Labute approximate surface area is 74.4 Å². The smallest absolute Gasteiger partial charge is 0.116 e. The molecule has 2 aliphatic heterocycles. The Bertz CT molecular complexity index is 460. The van der Waals surface area contributed by atoms with Gasteiger partial charge in [0.05, 0.1) is 11.9 Å². The molecule has 0 aliphatic carbocycles. The summed E-state index contributed by atoms with van der Waals surface area (Å²) in [6, 6.07) is 0. The third-order valence-electron chi connectivity index (χ3n) is 2.07. The molecule has 0 aromatic carbocycles. The summed E-state index contributed by atoms with van der Waals surface area (Å²) in [6.07, 6.45) is 8.92. The summed E-state index contributed by atoms with van der Waals surface area (Å²) in [7, 11) is 0. The van der Waals surface area contributed by atoms with Gasteiger partial charge in [0.15, 0.2) is 0 Å². The topological polar surface area (TPSA) is 52.9 Å². The predicted molar refractivity (Wildman–Crippen MR) is 52.3 cm³/mol. The van der Waals surface area contributed by atoms with E-state index in [0.717, 1.165) is 22.5 Å². The summed E-state index contributed by atoms with van der Waals surface area (Å²) in [5.74, 6) is 0. The molecule has 0 saturated carbocycles. The van der Waals surface area contributed by atoms with Crippen molar-refractivity contribution in [2.45, 2.75) is 0 Å².